The summed E-state index contributed by atoms with van der Waals surface area (Å²) in [6.45, 7) is 3.69. The number of nitrogens with zero attached hydrogens (tertiary/aromatic N) is 1. The summed E-state index contributed by atoms with van der Waals surface area (Å²) in [5.74, 6) is -1.68. The van der Waals surface area contributed by atoms with Crippen molar-refractivity contribution in [1.29, 1.82) is 0 Å². The van der Waals surface area contributed by atoms with E-state index in [0.29, 0.717) is 11.3 Å². The summed E-state index contributed by atoms with van der Waals surface area (Å²) in [6, 6.07) is 11.8. The number of carbonyl (C=O) groups excluding carboxylic acids is 3. The SMILES string of the molecule is COC(=O)c1ccc(C(=O)OC)c(NC(=O)c2cc3cc(C)ccc3nc2C)c1. The number of esters is 2. The topological polar surface area (TPSA) is 94.6 Å². The number of ether oxygens (including phenoxy) is 2. The normalized spacial score (nSPS) is 10.5. The first kappa shape index (κ1) is 20.0. The summed E-state index contributed by atoms with van der Waals surface area (Å²) in [6.07, 6.45) is 0. The van der Waals surface area contributed by atoms with E-state index in [4.69, 9.17) is 9.47 Å². The number of amides is 1. The Morgan fingerprint density at radius 3 is 2.28 bits per heavy atom. The molecule has 7 nitrogen and oxygen atoms in total. The van der Waals surface area contributed by atoms with Crippen LogP contribution >= 0.6 is 0 Å². The molecule has 0 fully saturated rings. The molecule has 0 aliphatic rings. The van der Waals surface area contributed by atoms with Crippen LogP contribution in [0.2, 0.25) is 0 Å². The largest absolute Gasteiger partial charge is 0.465 e. The highest BCUT2D eigenvalue weighted by atomic mass is 16.5. The standard InChI is InChI=1S/C22H20N2O5/c1-12-5-8-18-15(9-12)10-17(13(2)23-18)20(25)24-19-11-14(21(26)28-3)6-7-16(19)22(27)29-4/h5-11H,1-4H3,(H,24,25). The minimum absolute atomic E-state index is 0.121. The van der Waals surface area contributed by atoms with Crippen LogP contribution in [-0.2, 0) is 9.47 Å². The average molecular weight is 392 g/mol. The van der Waals surface area contributed by atoms with Gasteiger partial charge in [-0.15, -0.1) is 0 Å². The highest BCUT2D eigenvalue weighted by molar-refractivity contribution is 6.10. The number of anilines is 1. The van der Waals surface area contributed by atoms with Gasteiger partial charge in [-0.2, -0.15) is 0 Å². The van der Waals surface area contributed by atoms with E-state index in [1.165, 1.54) is 32.4 Å². The number of hydrogen-bond acceptors (Lipinski definition) is 6. The van der Waals surface area contributed by atoms with Crippen molar-refractivity contribution in [3.8, 4) is 0 Å². The number of aryl methyl sites for hydroxylation is 2. The van der Waals surface area contributed by atoms with Crippen molar-refractivity contribution in [3.63, 3.8) is 0 Å². The fraction of sp³-hybridized carbons (Fsp3) is 0.182. The number of aromatic nitrogens is 1. The van der Waals surface area contributed by atoms with Crippen LogP contribution in [0.4, 0.5) is 5.69 Å². The molecule has 0 radical (unpaired) electrons. The maximum absolute atomic E-state index is 13.0. The zero-order chi connectivity index (χ0) is 21.1. The van der Waals surface area contributed by atoms with E-state index in [2.05, 4.69) is 10.3 Å². The number of benzene rings is 2. The van der Waals surface area contributed by atoms with Crippen LogP contribution in [-0.4, -0.2) is 37.0 Å². The second-order valence-electron chi connectivity index (χ2n) is 6.52. The van der Waals surface area contributed by atoms with Gasteiger partial charge in [0.25, 0.3) is 5.91 Å². The Hall–Kier alpha value is -3.74. The minimum Gasteiger partial charge on any atom is -0.465 e. The van der Waals surface area contributed by atoms with Crippen LogP contribution in [0.25, 0.3) is 10.9 Å². The van der Waals surface area contributed by atoms with Crippen molar-refractivity contribution in [3.05, 3.63) is 70.4 Å². The Morgan fingerprint density at radius 1 is 0.862 bits per heavy atom. The van der Waals surface area contributed by atoms with E-state index in [-0.39, 0.29) is 16.8 Å². The van der Waals surface area contributed by atoms with Crippen molar-refractivity contribution < 1.29 is 23.9 Å². The van der Waals surface area contributed by atoms with Crippen LogP contribution < -0.4 is 5.32 Å². The smallest absolute Gasteiger partial charge is 0.339 e. The van der Waals surface area contributed by atoms with Crippen molar-refractivity contribution >= 4 is 34.4 Å². The molecule has 0 saturated carbocycles. The molecule has 1 N–H and O–H groups in total. The van der Waals surface area contributed by atoms with Gasteiger partial charge in [0.1, 0.15) is 0 Å². The highest BCUT2D eigenvalue weighted by Crippen LogP contribution is 2.23. The lowest BCUT2D eigenvalue weighted by molar-refractivity contribution is 0.0587. The van der Waals surface area contributed by atoms with Gasteiger partial charge >= 0.3 is 11.9 Å². The molecule has 0 atom stereocenters. The predicted molar refractivity (Wildman–Crippen MR) is 108 cm³/mol. The molecule has 29 heavy (non-hydrogen) atoms. The number of carbonyl (C=O) groups is 3. The van der Waals surface area contributed by atoms with E-state index >= 15 is 0 Å². The van der Waals surface area contributed by atoms with Crippen molar-refractivity contribution in [1.82, 2.24) is 4.98 Å². The number of fused-ring (bicyclic) bond motifs is 1. The lowest BCUT2D eigenvalue weighted by atomic mass is 10.1. The number of nitrogens with one attached hydrogen (secondary N) is 1. The lowest BCUT2D eigenvalue weighted by Gasteiger charge is -2.13. The second-order valence-corrected chi connectivity index (χ2v) is 6.52. The van der Waals surface area contributed by atoms with Crippen LogP contribution in [0.5, 0.6) is 0 Å². The fourth-order valence-corrected chi connectivity index (χ4v) is 2.99. The van der Waals surface area contributed by atoms with Crippen molar-refractivity contribution in [2.24, 2.45) is 0 Å². The van der Waals surface area contributed by atoms with E-state index in [0.717, 1.165) is 16.5 Å². The van der Waals surface area contributed by atoms with Crippen LogP contribution in [0.1, 0.15) is 42.3 Å². The molecule has 0 aliphatic carbocycles. The Balaban J connectivity index is 2.03. The molecule has 1 aromatic heterocycles. The number of rotatable bonds is 4. The molecule has 1 amide bonds. The summed E-state index contributed by atoms with van der Waals surface area (Å²) < 4.78 is 9.47. The Bertz CT molecular complexity index is 1140. The fourth-order valence-electron chi connectivity index (χ4n) is 2.99. The van der Waals surface area contributed by atoms with Gasteiger partial charge in [-0.05, 0) is 50.2 Å². The molecule has 148 valence electrons. The third-order valence-corrected chi connectivity index (χ3v) is 4.50. The van der Waals surface area contributed by atoms with Gasteiger partial charge < -0.3 is 14.8 Å². The zero-order valence-electron chi connectivity index (χ0n) is 16.5. The summed E-state index contributed by atoms with van der Waals surface area (Å²) in [5.41, 5.74) is 3.20. The number of methoxy groups -OCH3 is 2. The quantitative estimate of drug-likeness (QED) is 0.681. The average Bonchev–Trinajstić information content (AvgIpc) is 2.72. The molecule has 0 saturated heterocycles. The summed E-state index contributed by atoms with van der Waals surface area (Å²) in [7, 11) is 2.49. The predicted octanol–water partition coefficient (Wildman–Crippen LogP) is 3.68. The third-order valence-electron chi connectivity index (χ3n) is 4.50. The molecule has 0 aliphatic heterocycles. The second kappa shape index (κ2) is 8.10. The molecule has 0 spiro atoms. The van der Waals surface area contributed by atoms with Crippen LogP contribution in [0, 0.1) is 13.8 Å². The van der Waals surface area contributed by atoms with E-state index in [1.54, 1.807) is 13.0 Å². The third kappa shape index (κ3) is 4.08. The van der Waals surface area contributed by atoms with Gasteiger partial charge in [-0.1, -0.05) is 11.6 Å². The maximum atomic E-state index is 13.0. The molecule has 7 heteroatoms. The van der Waals surface area contributed by atoms with Gasteiger partial charge in [0, 0.05) is 5.39 Å². The van der Waals surface area contributed by atoms with Gasteiger partial charge in [0.15, 0.2) is 0 Å². The molecule has 1 heterocycles. The lowest BCUT2D eigenvalue weighted by Crippen LogP contribution is -2.18. The Morgan fingerprint density at radius 2 is 1.59 bits per heavy atom. The summed E-state index contributed by atoms with van der Waals surface area (Å²) in [4.78, 5) is 41.4. The number of hydrogen-bond donors (Lipinski definition) is 1. The molecule has 3 aromatic rings. The van der Waals surface area contributed by atoms with E-state index in [1.807, 2.05) is 25.1 Å². The van der Waals surface area contributed by atoms with E-state index < -0.39 is 17.8 Å². The molecule has 0 unspecified atom stereocenters. The summed E-state index contributed by atoms with van der Waals surface area (Å²) in [5, 5.41) is 3.52. The maximum Gasteiger partial charge on any atom is 0.339 e. The first-order chi connectivity index (χ1) is 13.8. The van der Waals surface area contributed by atoms with Crippen LogP contribution in [0.3, 0.4) is 0 Å². The first-order valence-corrected chi connectivity index (χ1v) is 8.84. The van der Waals surface area contributed by atoms with Crippen molar-refractivity contribution in [2.75, 3.05) is 19.5 Å². The Kier molecular flexibility index (Phi) is 5.59. The zero-order valence-corrected chi connectivity index (χ0v) is 16.5. The summed E-state index contributed by atoms with van der Waals surface area (Å²) >= 11 is 0. The minimum atomic E-state index is -0.638. The molecular weight excluding hydrogens is 372 g/mol. The highest BCUT2D eigenvalue weighted by Gasteiger charge is 2.19. The first-order valence-electron chi connectivity index (χ1n) is 8.84. The van der Waals surface area contributed by atoms with Crippen LogP contribution in [0.15, 0.2) is 42.5 Å². The monoisotopic (exact) mass is 392 g/mol. The molecule has 0 bridgehead atoms. The molecule has 2 aromatic carbocycles. The van der Waals surface area contributed by atoms with Gasteiger partial charge in [0.2, 0.25) is 0 Å². The van der Waals surface area contributed by atoms with Crippen molar-refractivity contribution in [2.45, 2.75) is 13.8 Å². The van der Waals surface area contributed by atoms with Gasteiger partial charge in [-0.3, -0.25) is 9.78 Å². The molecular formula is C22H20N2O5. The Labute approximate surface area is 167 Å². The van der Waals surface area contributed by atoms with Gasteiger partial charge in [0.05, 0.1) is 47.8 Å². The van der Waals surface area contributed by atoms with Gasteiger partial charge in [-0.25, -0.2) is 9.59 Å². The molecule has 3 rings (SSSR count). The van der Waals surface area contributed by atoms with E-state index in [9.17, 15) is 14.4 Å². The number of pyridine rings is 1.